The lowest BCUT2D eigenvalue weighted by molar-refractivity contribution is -0.116. The van der Waals surface area contributed by atoms with Crippen molar-refractivity contribution < 1.29 is 22.7 Å². The van der Waals surface area contributed by atoms with Crippen LogP contribution < -0.4 is 10.1 Å². The highest BCUT2D eigenvalue weighted by Crippen LogP contribution is 2.21. The third kappa shape index (κ3) is 5.84. The SMILES string of the molecule is COCCn1ccc2cc(NC(=O)CCCOc3ccc(S(C)(=O)=O)cc3)ccc21. The molecule has 1 N–H and O–H groups in total. The van der Waals surface area contributed by atoms with Crippen LogP contribution in [0.2, 0.25) is 0 Å². The molecule has 0 aliphatic heterocycles. The first-order chi connectivity index (χ1) is 14.4. The fourth-order valence-corrected chi connectivity index (χ4v) is 3.72. The highest BCUT2D eigenvalue weighted by Gasteiger charge is 2.08. The second kappa shape index (κ2) is 9.77. The van der Waals surface area contributed by atoms with Crippen LogP contribution in [-0.2, 0) is 25.9 Å². The highest BCUT2D eigenvalue weighted by atomic mass is 32.2. The summed E-state index contributed by atoms with van der Waals surface area (Å²) in [5, 5.41) is 3.97. The number of hydrogen-bond acceptors (Lipinski definition) is 5. The summed E-state index contributed by atoms with van der Waals surface area (Å²) in [6, 6.07) is 14.1. The zero-order valence-corrected chi connectivity index (χ0v) is 17.9. The predicted molar refractivity (Wildman–Crippen MR) is 117 cm³/mol. The lowest BCUT2D eigenvalue weighted by atomic mass is 10.2. The average molecular weight is 431 g/mol. The lowest BCUT2D eigenvalue weighted by Crippen LogP contribution is -2.12. The quantitative estimate of drug-likeness (QED) is 0.498. The number of benzene rings is 2. The van der Waals surface area contributed by atoms with E-state index in [-0.39, 0.29) is 10.8 Å². The maximum absolute atomic E-state index is 12.2. The molecule has 0 atom stereocenters. The summed E-state index contributed by atoms with van der Waals surface area (Å²) < 4.78 is 35.7. The van der Waals surface area contributed by atoms with Crippen LogP contribution in [0.1, 0.15) is 12.8 Å². The first-order valence-corrected chi connectivity index (χ1v) is 11.6. The normalized spacial score (nSPS) is 11.5. The van der Waals surface area contributed by atoms with E-state index in [9.17, 15) is 13.2 Å². The lowest BCUT2D eigenvalue weighted by Gasteiger charge is -2.09. The molecule has 7 nitrogen and oxygen atoms in total. The Morgan fingerprint density at radius 2 is 1.83 bits per heavy atom. The molecule has 0 aliphatic carbocycles. The van der Waals surface area contributed by atoms with Gasteiger partial charge < -0.3 is 19.4 Å². The molecule has 0 radical (unpaired) electrons. The zero-order valence-electron chi connectivity index (χ0n) is 17.1. The van der Waals surface area contributed by atoms with E-state index >= 15 is 0 Å². The molecule has 0 saturated heterocycles. The number of aromatic nitrogens is 1. The first kappa shape index (κ1) is 21.9. The maximum Gasteiger partial charge on any atom is 0.224 e. The van der Waals surface area contributed by atoms with Gasteiger partial charge in [-0.1, -0.05) is 0 Å². The van der Waals surface area contributed by atoms with Gasteiger partial charge in [0.2, 0.25) is 5.91 Å². The fourth-order valence-electron chi connectivity index (χ4n) is 3.09. The summed E-state index contributed by atoms with van der Waals surface area (Å²) in [5.41, 5.74) is 1.86. The standard InChI is InChI=1S/C22H26N2O5S/c1-28-15-13-24-12-11-17-16-18(5-10-21(17)24)23-22(25)4-3-14-29-19-6-8-20(9-7-19)30(2,26)27/h5-12,16H,3-4,13-15H2,1-2H3,(H,23,25). The molecule has 3 rings (SSSR count). The van der Waals surface area contributed by atoms with Crippen molar-refractivity contribution in [2.24, 2.45) is 0 Å². The Kier molecular flexibility index (Phi) is 7.12. The van der Waals surface area contributed by atoms with Gasteiger partial charge in [-0.25, -0.2) is 8.42 Å². The van der Waals surface area contributed by atoms with E-state index in [1.165, 1.54) is 12.1 Å². The number of amides is 1. The molecule has 1 aromatic heterocycles. The first-order valence-electron chi connectivity index (χ1n) is 9.67. The Balaban J connectivity index is 1.45. The largest absolute Gasteiger partial charge is 0.494 e. The molecule has 1 heterocycles. The van der Waals surface area contributed by atoms with Gasteiger partial charge in [0.05, 0.1) is 18.1 Å². The third-order valence-corrected chi connectivity index (χ3v) is 5.79. The third-order valence-electron chi connectivity index (χ3n) is 4.66. The topological polar surface area (TPSA) is 86.6 Å². The van der Waals surface area contributed by atoms with Gasteiger partial charge in [0.25, 0.3) is 0 Å². The molecule has 160 valence electrons. The van der Waals surface area contributed by atoms with E-state index in [4.69, 9.17) is 9.47 Å². The highest BCUT2D eigenvalue weighted by molar-refractivity contribution is 7.90. The van der Waals surface area contributed by atoms with Gasteiger partial charge in [0.1, 0.15) is 5.75 Å². The number of sulfone groups is 1. The Bertz CT molecular complexity index is 1100. The monoisotopic (exact) mass is 430 g/mol. The average Bonchev–Trinajstić information content (AvgIpc) is 3.11. The van der Waals surface area contributed by atoms with Gasteiger partial charge in [-0.15, -0.1) is 0 Å². The van der Waals surface area contributed by atoms with Crippen molar-refractivity contribution in [3.8, 4) is 5.75 Å². The summed E-state index contributed by atoms with van der Waals surface area (Å²) in [6.45, 7) is 1.79. The van der Waals surface area contributed by atoms with Crippen molar-refractivity contribution in [2.45, 2.75) is 24.3 Å². The van der Waals surface area contributed by atoms with Gasteiger partial charge in [-0.05, 0) is 55.0 Å². The Hall–Kier alpha value is -2.84. The van der Waals surface area contributed by atoms with Crippen LogP contribution >= 0.6 is 0 Å². The van der Waals surface area contributed by atoms with Crippen molar-refractivity contribution >= 4 is 32.3 Å². The number of fused-ring (bicyclic) bond motifs is 1. The number of carbonyl (C=O) groups excluding carboxylic acids is 1. The number of nitrogens with zero attached hydrogens (tertiary/aromatic N) is 1. The van der Waals surface area contributed by atoms with E-state index in [0.29, 0.717) is 31.8 Å². The van der Waals surface area contributed by atoms with Gasteiger partial charge in [-0.3, -0.25) is 4.79 Å². The number of carbonyl (C=O) groups is 1. The van der Waals surface area contributed by atoms with Crippen LogP contribution in [-0.4, -0.2) is 45.5 Å². The number of ether oxygens (including phenoxy) is 2. The molecule has 3 aromatic rings. The summed E-state index contributed by atoms with van der Waals surface area (Å²) in [7, 11) is -1.54. The second-order valence-corrected chi connectivity index (χ2v) is 9.04. The molecule has 0 fully saturated rings. The van der Waals surface area contributed by atoms with E-state index in [1.54, 1.807) is 19.2 Å². The summed E-state index contributed by atoms with van der Waals surface area (Å²) in [4.78, 5) is 12.5. The number of anilines is 1. The summed E-state index contributed by atoms with van der Waals surface area (Å²) >= 11 is 0. The molecule has 0 aliphatic rings. The van der Waals surface area contributed by atoms with Gasteiger partial charge >= 0.3 is 0 Å². The van der Waals surface area contributed by atoms with Crippen molar-refractivity contribution in [1.82, 2.24) is 4.57 Å². The Morgan fingerprint density at radius 1 is 1.07 bits per heavy atom. The molecule has 2 aromatic carbocycles. The van der Waals surface area contributed by atoms with E-state index in [2.05, 4.69) is 9.88 Å². The molecule has 0 bridgehead atoms. The fraction of sp³-hybridized carbons (Fsp3) is 0.318. The number of rotatable bonds is 10. The minimum absolute atomic E-state index is 0.0795. The maximum atomic E-state index is 12.2. The van der Waals surface area contributed by atoms with Crippen LogP contribution in [0, 0.1) is 0 Å². The smallest absolute Gasteiger partial charge is 0.224 e. The number of methoxy groups -OCH3 is 1. The van der Waals surface area contributed by atoms with Crippen molar-refractivity contribution in [2.75, 3.05) is 31.9 Å². The minimum Gasteiger partial charge on any atom is -0.494 e. The van der Waals surface area contributed by atoms with E-state index in [1.807, 2.05) is 30.5 Å². The minimum atomic E-state index is -3.22. The van der Waals surface area contributed by atoms with Crippen LogP contribution in [0.4, 0.5) is 5.69 Å². The van der Waals surface area contributed by atoms with Gasteiger partial charge in [-0.2, -0.15) is 0 Å². The van der Waals surface area contributed by atoms with E-state index in [0.717, 1.165) is 29.4 Å². The Labute approximate surface area is 176 Å². The van der Waals surface area contributed by atoms with Crippen LogP contribution in [0.15, 0.2) is 59.6 Å². The van der Waals surface area contributed by atoms with Crippen molar-refractivity contribution in [3.63, 3.8) is 0 Å². The summed E-state index contributed by atoms with van der Waals surface area (Å²) in [5.74, 6) is 0.496. The molecule has 30 heavy (non-hydrogen) atoms. The molecule has 1 amide bonds. The number of hydrogen-bond donors (Lipinski definition) is 1. The molecule has 0 saturated carbocycles. The van der Waals surface area contributed by atoms with Crippen LogP contribution in [0.5, 0.6) is 5.75 Å². The van der Waals surface area contributed by atoms with E-state index < -0.39 is 9.84 Å². The molecule has 8 heteroatoms. The number of nitrogens with one attached hydrogen (secondary N) is 1. The van der Waals surface area contributed by atoms with Crippen molar-refractivity contribution in [3.05, 3.63) is 54.7 Å². The second-order valence-electron chi connectivity index (χ2n) is 7.02. The van der Waals surface area contributed by atoms with Crippen LogP contribution in [0.3, 0.4) is 0 Å². The van der Waals surface area contributed by atoms with Crippen LogP contribution in [0.25, 0.3) is 10.9 Å². The van der Waals surface area contributed by atoms with Gasteiger partial charge in [0, 0.05) is 49.1 Å². The zero-order chi connectivity index (χ0) is 21.6. The van der Waals surface area contributed by atoms with Gasteiger partial charge in [0.15, 0.2) is 9.84 Å². The summed E-state index contributed by atoms with van der Waals surface area (Å²) in [6.07, 6.45) is 4.05. The molecule has 0 spiro atoms. The predicted octanol–water partition coefficient (Wildman–Crippen LogP) is 3.49. The molecule has 0 unspecified atom stereocenters. The molecular formula is C22H26N2O5S. The molecular weight excluding hydrogens is 404 g/mol. The Morgan fingerprint density at radius 3 is 2.53 bits per heavy atom. The van der Waals surface area contributed by atoms with Crippen molar-refractivity contribution in [1.29, 1.82) is 0 Å².